The van der Waals surface area contributed by atoms with Crippen LogP contribution in [0.25, 0.3) is 11.3 Å². The molecule has 10 heteroatoms. The molecule has 0 bridgehead atoms. The summed E-state index contributed by atoms with van der Waals surface area (Å²) in [6.45, 7) is 1.11. The fourth-order valence-electron chi connectivity index (χ4n) is 4.07. The van der Waals surface area contributed by atoms with Crippen LogP contribution >= 0.6 is 7.37 Å². The Bertz CT molecular complexity index is 962. The number of phenols is 1. The maximum atomic E-state index is 12.9. The monoisotopic (exact) mass is 436 g/mol. The van der Waals surface area contributed by atoms with Gasteiger partial charge in [0.05, 0.1) is 5.69 Å². The minimum absolute atomic E-state index is 0.0107. The molecular weight excluding hydrogens is 407 g/mol. The summed E-state index contributed by atoms with van der Waals surface area (Å²) in [4.78, 5) is 24.7. The number of carboxylic acids is 1. The highest BCUT2D eigenvalue weighted by Gasteiger charge is 2.56. The minimum atomic E-state index is -3.88. The summed E-state index contributed by atoms with van der Waals surface area (Å²) >= 11 is 0. The third-order valence-electron chi connectivity index (χ3n) is 5.79. The zero-order valence-electron chi connectivity index (χ0n) is 17.1. The number of nitrogens with two attached hydrogens (primary N) is 1. The first kappa shape index (κ1) is 22.5. The van der Waals surface area contributed by atoms with Crippen LogP contribution in [0, 0.1) is 0 Å². The third kappa shape index (κ3) is 4.44. The molecule has 0 amide bonds. The molecule has 1 fully saturated rings. The molecule has 2 heterocycles. The van der Waals surface area contributed by atoms with Crippen LogP contribution in [0.15, 0.2) is 30.5 Å². The smallest absolute Gasteiger partial charge is 0.320 e. The van der Waals surface area contributed by atoms with Crippen molar-refractivity contribution >= 4 is 13.3 Å². The Labute approximate surface area is 175 Å². The number of aromatic nitrogens is 2. The van der Waals surface area contributed by atoms with Gasteiger partial charge >= 0.3 is 5.97 Å². The van der Waals surface area contributed by atoms with Crippen LogP contribution in [-0.2, 0) is 23.0 Å². The van der Waals surface area contributed by atoms with Crippen LogP contribution in [0.2, 0.25) is 0 Å². The Morgan fingerprint density at radius 2 is 2.10 bits per heavy atom. The van der Waals surface area contributed by atoms with E-state index in [1.54, 1.807) is 36.1 Å². The van der Waals surface area contributed by atoms with Gasteiger partial charge in [-0.3, -0.25) is 18.9 Å². The van der Waals surface area contributed by atoms with Crippen molar-refractivity contribution in [2.24, 2.45) is 12.8 Å². The van der Waals surface area contributed by atoms with Gasteiger partial charge in [-0.15, -0.1) is 0 Å². The second-order valence-electron chi connectivity index (χ2n) is 7.93. The summed E-state index contributed by atoms with van der Waals surface area (Å²) in [5, 5.41) is 22.6. The first-order valence-electron chi connectivity index (χ1n) is 9.98. The van der Waals surface area contributed by atoms with Crippen molar-refractivity contribution in [2.75, 3.05) is 25.8 Å². The van der Waals surface area contributed by atoms with E-state index in [9.17, 15) is 24.5 Å². The molecule has 164 valence electrons. The number of rotatable bonds is 8. The average Bonchev–Trinajstić information content (AvgIpc) is 3.11. The van der Waals surface area contributed by atoms with Crippen molar-refractivity contribution in [3.63, 3.8) is 0 Å². The number of hydrogen-bond acceptors (Lipinski definition) is 6. The molecule has 30 heavy (non-hydrogen) atoms. The summed E-state index contributed by atoms with van der Waals surface area (Å²) in [6.07, 6.45) is 2.95. The molecule has 3 rings (SSSR count). The Balaban J connectivity index is 1.89. The summed E-state index contributed by atoms with van der Waals surface area (Å²) in [7, 11) is -2.07. The fourth-order valence-corrected chi connectivity index (χ4v) is 6.27. The van der Waals surface area contributed by atoms with E-state index in [0.717, 1.165) is 11.1 Å². The summed E-state index contributed by atoms with van der Waals surface area (Å²) in [5.74, 6) is -1.12. The van der Waals surface area contributed by atoms with E-state index in [4.69, 9.17) is 5.73 Å². The molecule has 0 radical (unpaired) electrons. The number of unbranched alkanes of at least 4 members (excludes halogenated alkanes) is 1. The molecular formula is C20H29N4O5P. The lowest BCUT2D eigenvalue weighted by Crippen LogP contribution is -2.53. The van der Waals surface area contributed by atoms with Crippen molar-refractivity contribution in [1.82, 2.24) is 14.7 Å². The first-order valence-corrected chi connectivity index (χ1v) is 11.8. The molecule has 0 aliphatic carbocycles. The Hall–Kier alpha value is -2.19. The summed E-state index contributed by atoms with van der Waals surface area (Å²) < 4.78 is 14.6. The molecule has 1 aromatic heterocycles. The lowest BCUT2D eigenvalue weighted by Gasteiger charge is -2.43. The number of carboxylic acid groups (broad SMARTS) is 1. The van der Waals surface area contributed by atoms with Crippen molar-refractivity contribution in [2.45, 2.75) is 31.0 Å². The van der Waals surface area contributed by atoms with Gasteiger partial charge < -0.3 is 20.8 Å². The predicted molar refractivity (Wildman–Crippen MR) is 114 cm³/mol. The highest BCUT2D eigenvalue weighted by Crippen LogP contribution is 2.59. The second kappa shape index (κ2) is 8.89. The Morgan fingerprint density at radius 1 is 1.33 bits per heavy atom. The van der Waals surface area contributed by atoms with Crippen molar-refractivity contribution < 1.29 is 24.5 Å². The average molecular weight is 436 g/mol. The fraction of sp³-hybridized carbons (Fsp3) is 0.500. The largest absolute Gasteiger partial charge is 0.508 e. The van der Waals surface area contributed by atoms with Crippen molar-refractivity contribution in [3.8, 4) is 17.0 Å². The second-order valence-corrected chi connectivity index (χ2v) is 10.6. The van der Waals surface area contributed by atoms with Crippen molar-refractivity contribution in [3.05, 3.63) is 36.0 Å². The molecule has 1 saturated heterocycles. The molecule has 5 N–H and O–H groups in total. The molecule has 1 aliphatic heterocycles. The van der Waals surface area contributed by atoms with Gasteiger partial charge in [-0.05, 0) is 43.1 Å². The number of hydrogen-bond donors (Lipinski definition) is 4. The quantitative estimate of drug-likeness (QED) is 0.363. The number of phenolic OH excluding ortho intramolecular Hbond substituents is 1. The summed E-state index contributed by atoms with van der Waals surface area (Å²) in [6, 6.07) is 6.83. The van der Waals surface area contributed by atoms with Crippen LogP contribution in [0.3, 0.4) is 0 Å². The Morgan fingerprint density at radius 3 is 2.73 bits per heavy atom. The van der Waals surface area contributed by atoms with Crippen LogP contribution in [0.1, 0.15) is 24.8 Å². The highest BCUT2D eigenvalue weighted by atomic mass is 31.2. The molecule has 0 saturated carbocycles. The van der Waals surface area contributed by atoms with E-state index in [2.05, 4.69) is 5.10 Å². The highest BCUT2D eigenvalue weighted by molar-refractivity contribution is 7.61. The number of benzene rings is 1. The van der Waals surface area contributed by atoms with Crippen LogP contribution in [0.4, 0.5) is 0 Å². The van der Waals surface area contributed by atoms with Gasteiger partial charge in [-0.2, -0.15) is 5.10 Å². The number of aryl methyl sites for hydroxylation is 1. The first-order chi connectivity index (χ1) is 14.2. The number of nitrogens with zero attached hydrogens (tertiary/aromatic N) is 3. The molecule has 0 spiro atoms. The predicted octanol–water partition coefficient (Wildman–Crippen LogP) is 1.83. The molecule has 9 nitrogen and oxygen atoms in total. The van der Waals surface area contributed by atoms with E-state index in [0.29, 0.717) is 38.2 Å². The number of aromatic hydroxyl groups is 1. The van der Waals surface area contributed by atoms with Gasteiger partial charge in [0.25, 0.3) is 0 Å². The van der Waals surface area contributed by atoms with Gasteiger partial charge in [0.15, 0.2) is 5.16 Å². The van der Waals surface area contributed by atoms with Gasteiger partial charge in [0.2, 0.25) is 7.37 Å². The van der Waals surface area contributed by atoms with E-state index in [1.807, 2.05) is 11.0 Å². The van der Waals surface area contributed by atoms with E-state index >= 15 is 0 Å². The lowest BCUT2D eigenvalue weighted by atomic mass is 9.98. The van der Waals surface area contributed by atoms with Gasteiger partial charge in [0.1, 0.15) is 5.75 Å². The van der Waals surface area contributed by atoms with E-state index in [1.165, 1.54) is 0 Å². The van der Waals surface area contributed by atoms with Crippen LogP contribution < -0.4 is 5.73 Å². The van der Waals surface area contributed by atoms with Gasteiger partial charge in [-0.1, -0.05) is 12.5 Å². The number of aliphatic carboxylic acids is 1. The van der Waals surface area contributed by atoms with Crippen LogP contribution in [0.5, 0.6) is 5.75 Å². The SMILES string of the molecule is Cn1ccc(-c2cc(O)ccc2CN2CCP(=O)(O)[C@](CCCCN)(C(=O)O)C2)n1. The standard InChI is InChI=1S/C20H29N4O5P/c1-23-9-6-18(22-23)17-12-16(25)5-4-15(17)13-24-10-11-30(28,29)20(14-24,19(26)27)7-2-3-8-21/h4-6,9,12,25H,2-3,7-8,10-11,13-14,21H2,1H3,(H,26,27)(H,28,29)/t20-/m0/s1. The maximum Gasteiger partial charge on any atom is 0.320 e. The third-order valence-corrected chi connectivity index (χ3v) is 8.49. The molecule has 1 aliphatic rings. The zero-order chi connectivity index (χ0) is 21.9. The topological polar surface area (TPSA) is 142 Å². The number of carbonyl (C=O) groups is 1. The minimum Gasteiger partial charge on any atom is -0.508 e. The molecule has 1 unspecified atom stereocenters. The summed E-state index contributed by atoms with van der Waals surface area (Å²) in [5.41, 5.74) is 7.83. The van der Waals surface area contributed by atoms with Gasteiger partial charge in [-0.25, -0.2) is 0 Å². The maximum absolute atomic E-state index is 12.9. The normalized spacial score (nSPS) is 24.8. The lowest BCUT2D eigenvalue weighted by molar-refractivity contribution is -0.141. The van der Waals surface area contributed by atoms with E-state index < -0.39 is 18.5 Å². The van der Waals surface area contributed by atoms with Gasteiger partial charge in [0, 0.05) is 44.6 Å². The van der Waals surface area contributed by atoms with Crippen LogP contribution in [-0.4, -0.2) is 66.7 Å². The molecule has 2 atom stereocenters. The zero-order valence-corrected chi connectivity index (χ0v) is 18.0. The molecule has 2 aromatic rings. The molecule has 1 aromatic carbocycles. The van der Waals surface area contributed by atoms with Crippen molar-refractivity contribution in [1.29, 1.82) is 0 Å². The van der Waals surface area contributed by atoms with E-state index in [-0.39, 0.29) is 24.9 Å². The Kier molecular flexibility index (Phi) is 6.67.